The van der Waals surface area contributed by atoms with Gasteiger partial charge in [-0.2, -0.15) is 0 Å². The molecule has 1 unspecified atom stereocenters. The molecule has 2 rings (SSSR count). The molecule has 0 aliphatic heterocycles. The maximum atomic E-state index is 11.9. The molecule has 7 heteroatoms. The molecule has 1 atom stereocenters. The molecule has 0 saturated carbocycles. The summed E-state index contributed by atoms with van der Waals surface area (Å²) < 4.78 is 5.42. The number of nitrogens with zero attached hydrogens (tertiary/aromatic N) is 1. The van der Waals surface area contributed by atoms with Crippen LogP contribution in [0.25, 0.3) is 0 Å². The lowest BCUT2D eigenvalue weighted by Gasteiger charge is -2.15. The standard InChI is InChI=1S/C15H14N2O5/c1-11(21-14-8-3-2-4-9-14)22-16-15(18)12-6-5-7-13(10-12)17(19)20/h2-11H,1H3,(H,16,18). The monoisotopic (exact) mass is 302 g/mol. The largest absolute Gasteiger partial charge is 0.463 e. The lowest BCUT2D eigenvalue weighted by molar-refractivity contribution is -0.384. The van der Waals surface area contributed by atoms with E-state index in [-0.39, 0.29) is 11.3 Å². The van der Waals surface area contributed by atoms with E-state index in [0.717, 1.165) is 0 Å². The highest BCUT2D eigenvalue weighted by molar-refractivity contribution is 5.94. The van der Waals surface area contributed by atoms with Crippen LogP contribution in [0.1, 0.15) is 17.3 Å². The summed E-state index contributed by atoms with van der Waals surface area (Å²) in [4.78, 5) is 27.0. The fourth-order valence-corrected chi connectivity index (χ4v) is 1.67. The number of hydroxylamine groups is 1. The Morgan fingerprint density at radius 1 is 1.18 bits per heavy atom. The first-order valence-electron chi connectivity index (χ1n) is 6.48. The summed E-state index contributed by atoms with van der Waals surface area (Å²) in [5.74, 6) is 0.00631. The third-order valence-corrected chi connectivity index (χ3v) is 2.68. The van der Waals surface area contributed by atoms with Crippen LogP contribution in [0.3, 0.4) is 0 Å². The minimum absolute atomic E-state index is 0.126. The molecule has 0 aromatic heterocycles. The van der Waals surface area contributed by atoms with Crippen molar-refractivity contribution in [1.29, 1.82) is 0 Å². The molecule has 114 valence electrons. The van der Waals surface area contributed by atoms with E-state index in [2.05, 4.69) is 5.48 Å². The molecule has 0 spiro atoms. The van der Waals surface area contributed by atoms with E-state index in [1.165, 1.54) is 24.3 Å². The van der Waals surface area contributed by atoms with E-state index in [4.69, 9.17) is 9.57 Å². The number of benzene rings is 2. The van der Waals surface area contributed by atoms with Crippen LogP contribution in [0.5, 0.6) is 5.75 Å². The smallest absolute Gasteiger partial charge is 0.275 e. The van der Waals surface area contributed by atoms with Crippen LogP contribution >= 0.6 is 0 Å². The molecule has 1 N–H and O–H groups in total. The summed E-state index contributed by atoms with van der Waals surface area (Å²) in [5.41, 5.74) is 2.16. The van der Waals surface area contributed by atoms with E-state index >= 15 is 0 Å². The predicted octanol–water partition coefficient (Wildman–Crippen LogP) is 2.68. The molecular formula is C15H14N2O5. The third-order valence-electron chi connectivity index (χ3n) is 2.68. The van der Waals surface area contributed by atoms with Crippen LogP contribution in [0.2, 0.25) is 0 Å². The number of ether oxygens (including phenoxy) is 1. The van der Waals surface area contributed by atoms with Gasteiger partial charge in [-0.1, -0.05) is 24.3 Å². The Balaban J connectivity index is 1.89. The zero-order valence-corrected chi connectivity index (χ0v) is 11.8. The number of nitro groups is 1. The molecule has 0 heterocycles. The van der Waals surface area contributed by atoms with Gasteiger partial charge < -0.3 is 4.74 Å². The summed E-state index contributed by atoms with van der Waals surface area (Å²) >= 11 is 0. The topological polar surface area (TPSA) is 90.7 Å². The number of amides is 1. The van der Waals surface area contributed by atoms with Crippen LogP contribution in [-0.2, 0) is 4.84 Å². The highest BCUT2D eigenvalue weighted by Gasteiger charge is 2.13. The van der Waals surface area contributed by atoms with Gasteiger partial charge in [-0.15, -0.1) is 0 Å². The Hall–Kier alpha value is -2.93. The van der Waals surface area contributed by atoms with E-state index < -0.39 is 17.1 Å². The first-order valence-corrected chi connectivity index (χ1v) is 6.48. The number of carbonyl (C=O) groups is 1. The molecule has 0 bridgehead atoms. The van der Waals surface area contributed by atoms with Crippen LogP contribution in [0, 0.1) is 10.1 Å². The van der Waals surface area contributed by atoms with Gasteiger partial charge in [0.2, 0.25) is 6.29 Å². The summed E-state index contributed by atoms with van der Waals surface area (Å²) in [7, 11) is 0. The molecule has 0 radical (unpaired) electrons. The van der Waals surface area contributed by atoms with Crippen molar-refractivity contribution < 1.29 is 19.3 Å². The number of carbonyl (C=O) groups excluding carboxylic acids is 1. The van der Waals surface area contributed by atoms with E-state index in [1.54, 1.807) is 19.1 Å². The van der Waals surface area contributed by atoms with Crippen molar-refractivity contribution in [2.24, 2.45) is 0 Å². The zero-order valence-electron chi connectivity index (χ0n) is 11.8. The molecule has 2 aromatic carbocycles. The first-order chi connectivity index (χ1) is 10.6. The molecule has 0 saturated heterocycles. The second-order valence-electron chi connectivity index (χ2n) is 4.36. The molecule has 2 aromatic rings. The summed E-state index contributed by atoms with van der Waals surface area (Å²) in [6.45, 7) is 1.61. The van der Waals surface area contributed by atoms with Crippen molar-refractivity contribution >= 4 is 11.6 Å². The average Bonchev–Trinajstić information content (AvgIpc) is 2.53. The number of hydrogen-bond acceptors (Lipinski definition) is 5. The molecule has 7 nitrogen and oxygen atoms in total. The number of para-hydroxylation sites is 1. The highest BCUT2D eigenvalue weighted by Crippen LogP contribution is 2.13. The molecular weight excluding hydrogens is 288 g/mol. The number of nitrogens with one attached hydrogen (secondary N) is 1. The van der Waals surface area contributed by atoms with Gasteiger partial charge in [0.1, 0.15) is 5.75 Å². The van der Waals surface area contributed by atoms with Gasteiger partial charge >= 0.3 is 0 Å². The fraction of sp³-hybridized carbons (Fsp3) is 0.133. The van der Waals surface area contributed by atoms with Crippen LogP contribution < -0.4 is 10.2 Å². The van der Waals surface area contributed by atoms with Gasteiger partial charge in [-0.05, 0) is 18.2 Å². The Kier molecular flexibility index (Phi) is 5.05. The van der Waals surface area contributed by atoms with Crippen molar-refractivity contribution in [3.05, 3.63) is 70.3 Å². The molecule has 1 amide bonds. The molecule has 22 heavy (non-hydrogen) atoms. The van der Waals surface area contributed by atoms with Gasteiger partial charge in [0.15, 0.2) is 0 Å². The lowest BCUT2D eigenvalue weighted by Crippen LogP contribution is -2.31. The summed E-state index contributed by atoms with van der Waals surface area (Å²) in [6, 6.07) is 14.3. The van der Waals surface area contributed by atoms with E-state index in [1.807, 2.05) is 18.2 Å². The lowest BCUT2D eigenvalue weighted by atomic mass is 10.2. The predicted molar refractivity (Wildman–Crippen MR) is 78.2 cm³/mol. The second-order valence-corrected chi connectivity index (χ2v) is 4.36. The number of hydrogen-bond donors (Lipinski definition) is 1. The second kappa shape index (κ2) is 7.19. The minimum Gasteiger partial charge on any atom is -0.463 e. The van der Waals surface area contributed by atoms with Crippen LogP contribution in [-0.4, -0.2) is 17.1 Å². The Labute approximate surface area is 126 Å². The van der Waals surface area contributed by atoms with Crippen molar-refractivity contribution in [2.45, 2.75) is 13.2 Å². The molecule has 0 fully saturated rings. The maximum absolute atomic E-state index is 11.9. The van der Waals surface area contributed by atoms with Crippen LogP contribution in [0.15, 0.2) is 54.6 Å². The fourth-order valence-electron chi connectivity index (χ4n) is 1.67. The number of nitro benzene ring substituents is 1. The van der Waals surface area contributed by atoms with E-state index in [0.29, 0.717) is 5.75 Å². The molecule has 0 aliphatic rings. The Morgan fingerprint density at radius 3 is 2.59 bits per heavy atom. The van der Waals surface area contributed by atoms with Gasteiger partial charge in [0, 0.05) is 24.6 Å². The minimum atomic E-state index is -0.718. The van der Waals surface area contributed by atoms with E-state index in [9.17, 15) is 14.9 Å². The maximum Gasteiger partial charge on any atom is 0.275 e. The number of rotatable bonds is 6. The van der Waals surface area contributed by atoms with Crippen LogP contribution in [0.4, 0.5) is 5.69 Å². The quantitative estimate of drug-likeness (QED) is 0.503. The molecule has 0 aliphatic carbocycles. The van der Waals surface area contributed by atoms with Crippen molar-refractivity contribution in [3.8, 4) is 5.75 Å². The van der Waals surface area contributed by atoms with Crippen molar-refractivity contribution in [3.63, 3.8) is 0 Å². The summed E-state index contributed by atoms with van der Waals surface area (Å²) in [5, 5.41) is 10.7. The van der Waals surface area contributed by atoms with Crippen molar-refractivity contribution in [2.75, 3.05) is 0 Å². The summed E-state index contributed by atoms with van der Waals surface area (Å²) in [6.07, 6.45) is -0.718. The van der Waals surface area contributed by atoms with Gasteiger partial charge in [-0.3, -0.25) is 14.9 Å². The van der Waals surface area contributed by atoms with Gasteiger partial charge in [0.05, 0.1) is 4.92 Å². The Morgan fingerprint density at radius 2 is 1.91 bits per heavy atom. The van der Waals surface area contributed by atoms with Gasteiger partial charge in [-0.25, -0.2) is 10.3 Å². The SMILES string of the molecule is CC(ONC(=O)c1cccc([N+](=O)[O-])c1)Oc1ccccc1. The Bertz CT molecular complexity index is 660. The highest BCUT2D eigenvalue weighted by atomic mass is 16.8. The number of non-ortho nitro benzene ring substituents is 1. The third kappa shape index (κ3) is 4.29. The van der Waals surface area contributed by atoms with Gasteiger partial charge in [0.25, 0.3) is 11.6 Å². The first kappa shape index (κ1) is 15.5. The zero-order chi connectivity index (χ0) is 15.9. The normalized spacial score (nSPS) is 11.5. The van der Waals surface area contributed by atoms with Crippen molar-refractivity contribution in [1.82, 2.24) is 5.48 Å². The average molecular weight is 302 g/mol.